The van der Waals surface area contributed by atoms with E-state index in [1.165, 1.54) is 11.1 Å². The smallest absolute Gasteiger partial charge is 0.227 e. The van der Waals surface area contributed by atoms with Gasteiger partial charge in [0.2, 0.25) is 5.95 Å². The molecule has 0 saturated heterocycles. The van der Waals surface area contributed by atoms with Gasteiger partial charge in [-0.2, -0.15) is 0 Å². The van der Waals surface area contributed by atoms with Crippen molar-refractivity contribution in [3.05, 3.63) is 115 Å². The maximum absolute atomic E-state index is 4.60. The lowest BCUT2D eigenvalue weighted by molar-refractivity contribution is 1.14. The Kier molecular flexibility index (Phi) is 14.6. The van der Waals surface area contributed by atoms with Crippen molar-refractivity contribution >= 4 is 17.3 Å². The summed E-state index contributed by atoms with van der Waals surface area (Å²) in [6.07, 6.45) is 2.90. The Morgan fingerprint density at radius 1 is 0.806 bits per heavy atom. The van der Waals surface area contributed by atoms with Gasteiger partial charge in [0.25, 0.3) is 0 Å². The Balaban J connectivity index is 0.000000452. The number of anilines is 3. The van der Waals surface area contributed by atoms with E-state index in [1.807, 2.05) is 83.1 Å². The number of nitrogens with one attached hydrogen (secondary N) is 2. The van der Waals surface area contributed by atoms with Crippen LogP contribution in [-0.2, 0) is 6.42 Å². The van der Waals surface area contributed by atoms with Gasteiger partial charge in [-0.1, -0.05) is 95.8 Å². The fourth-order valence-electron chi connectivity index (χ4n) is 3.12. The summed E-state index contributed by atoms with van der Waals surface area (Å²) in [6.45, 7) is 18.0. The Morgan fingerprint density at radius 2 is 1.47 bits per heavy atom. The predicted molar refractivity (Wildman–Crippen MR) is 159 cm³/mol. The molecule has 4 heteroatoms. The molecule has 4 aromatic rings. The summed E-state index contributed by atoms with van der Waals surface area (Å²) in [7, 11) is 0. The highest BCUT2D eigenvalue weighted by atomic mass is 15.1. The summed E-state index contributed by atoms with van der Waals surface area (Å²) < 4.78 is 0. The van der Waals surface area contributed by atoms with Gasteiger partial charge >= 0.3 is 0 Å². The lowest BCUT2D eigenvalue weighted by atomic mass is 10.1. The molecule has 0 bridgehead atoms. The number of hydrogen-bond donors (Lipinski definition) is 2. The van der Waals surface area contributed by atoms with Crippen molar-refractivity contribution in [3.8, 4) is 11.3 Å². The first-order chi connectivity index (χ1) is 17.5. The third kappa shape index (κ3) is 11.0. The number of aryl methyl sites for hydroxylation is 2. The van der Waals surface area contributed by atoms with Crippen molar-refractivity contribution in [2.24, 2.45) is 0 Å². The lowest BCUT2D eigenvalue weighted by Gasteiger charge is -2.09. The van der Waals surface area contributed by atoms with Gasteiger partial charge in [-0.05, 0) is 61.7 Å². The number of hydrogen-bond acceptors (Lipinski definition) is 4. The number of aromatic nitrogens is 2. The highest BCUT2D eigenvalue weighted by Gasteiger charge is 2.03. The van der Waals surface area contributed by atoms with Crippen LogP contribution >= 0.6 is 0 Å². The highest BCUT2D eigenvalue weighted by molar-refractivity contribution is 5.65. The molecule has 36 heavy (non-hydrogen) atoms. The van der Waals surface area contributed by atoms with Gasteiger partial charge in [0.1, 0.15) is 0 Å². The molecule has 0 atom stereocenters. The van der Waals surface area contributed by atoms with Crippen LogP contribution in [-0.4, -0.2) is 9.97 Å². The quantitative estimate of drug-likeness (QED) is 0.287. The summed E-state index contributed by atoms with van der Waals surface area (Å²) in [6, 6.07) is 28.6. The molecule has 1 heterocycles. The Labute approximate surface area is 218 Å². The largest absolute Gasteiger partial charge is 0.360 e. The van der Waals surface area contributed by atoms with Crippen LogP contribution in [0.4, 0.5) is 17.3 Å². The first-order valence-corrected chi connectivity index (χ1v) is 12.8. The van der Waals surface area contributed by atoms with E-state index in [0.717, 1.165) is 34.8 Å². The van der Waals surface area contributed by atoms with E-state index in [2.05, 4.69) is 77.4 Å². The fraction of sp³-hybridized carbons (Fsp3) is 0.250. The van der Waals surface area contributed by atoms with Gasteiger partial charge in [-0.25, -0.2) is 9.97 Å². The second-order valence-corrected chi connectivity index (χ2v) is 7.58. The molecule has 0 aliphatic heterocycles. The second-order valence-electron chi connectivity index (χ2n) is 7.58. The van der Waals surface area contributed by atoms with E-state index in [-0.39, 0.29) is 0 Å². The highest BCUT2D eigenvalue weighted by Crippen LogP contribution is 2.22. The molecular weight excluding hydrogens is 440 g/mol. The van der Waals surface area contributed by atoms with Crippen molar-refractivity contribution in [3.63, 3.8) is 0 Å². The van der Waals surface area contributed by atoms with Crippen molar-refractivity contribution < 1.29 is 0 Å². The number of nitrogens with zero attached hydrogens (tertiary/aromatic N) is 2. The summed E-state index contributed by atoms with van der Waals surface area (Å²) in [4.78, 5) is 8.90. The normalized spacial score (nSPS) is 9.19. The molecule has 0 spiro atoms. The van der Waals surface area contributed by atoms with E-state index in [0.29, 0.717) is 5.95 Å². The third-order valence-electron chi connectivity index (χ3n) is 4.72. The zero-order valence-corrected chi connectivity index (χ0v) is 23.0. The zero-order valence-electron chi connectivity index (χ0n) is 23.0. The molecule has 0 aliphatic rings. The molecule has 0 radical (unpaired) electrons. The summed E-state index contributed by atoms with van der Waals surface area (Å²) >= 11 is 0. The maximum atomic E-state index is 4.60. The molecule has 0 fully saturated rings. The standard InChI is InChI=1S/C20H20N4.C8H10.2C2H6/c1-14(2)22-17-9-7-16(8-10-17)19-11-12-21-20(24-19)23-18-6-4-5-15(3)13-18;1-2-8-6-4-3-5-7-8;2*1-2/h4-13,22H,1H2,2-3H3,(H,21,23,24);3-7H,2H2,1H3;2*1-2H3. The van der Waals surface area contributed by atoms with Crippen LogP contribution in [0.1, 0.15) is 52.7 Å². The molecular formula is C32H42N4. The minimum absolute atomic E-state index is 0.585. The average Bonchev–Trinajstić information content (AvgIpc) is 2.92. The molecule has 2 N–H and O–H groups in total. The van der Waals surface area contributed by atoms with Crippen LogP contribution in [0, 0.1) is 6.92 Å². The second kappa shape index (κ2) is 17.5. The number of benzene rings is 3. The Morgan fingerprint density at radius 3 is 2.03 bits per heavy atom. The van der Waals surface area contributed by atoms with E-state index in [9.17, 15) is 0 Å². The van der Waals surface area contributed by atoms with Gasteiger partial charge < -0.3 is 10.6 Å². The molecule has 3 aromatic carbocycles. The number of rotatable bonds is 6. The van der Waals surface area contributed by atoms with Crippen molar-refractivity contribution in [1.82, 2.24) is 9.97 Å². The SMILES string of the molecule is C=C(C)Nc1ccc(-c2ccnc(Nc3cccc(C)c3)n2)cc1.CC.CC.CCc1ccccc1. The van der Waals surface area contributed by atoms with Crippen molar-refractivity contribution in [1.29, 1.82) is 0 Å². The average molecular weight is 483 g/mol. The van der Waals surface area contributed by atoms with Gasteiger partial charge in [-0.15, -0.1) is 0 Å². The fourth-order valence-corrected chi connectivity index (χ4v) is 3.12. The molecule has 0 aliphatic carbocycles. The topological polar surface area (TPSA) is 49.8 Å². The van der Waals surface area contributed by atoms with E-state index >= 15 is 0 Å². The van der Waals surface area contributed by atoms with Crippen LogP contribution in [0.5, 0.6) is 0 Å². The molecule has 190 valence electrons. The van der Waals surface area contributed by atoms with Crippen LogP contribution in [0.3, 0.4) is 0 Å². The van der Waals surface area contributed by atoms with Crippen LogP contribution in [0.25, 0.3) is 11.3 Å². The van der Waals surface area contributed by atoms with Crippen molar-refractivity contribution in [2.45, 2.75) is 54.9 Å². The molecule has 1 aromatic heterocycles. The molecule has 4 rings (SSSR count). The van der Waals surface area contributed by atoms with E-state index < -0.39 is 0 Å². The first kappa shape index (κ1) is 30.1. The lowest BCUT2D eigenvalue weighted by Crippen LogP contribution is -1.98. The maximum Gasteiger partial charge on any atom is 0.227 e. The zero-order chi connectivity index (χ0) is 26.8. The molecule has 4 nitrogen and oxygen atoms in total. The monoisotopic (exact) mass is 482 g/mol. The van der Waals surface area contributed by atoms with Gasteiger partial charge in [0.05, 0.1) is 5.69 Å². The Bertz CT molecular complexity index is 1140. The van der Waals surface area contributed by atoms with Crippen molar-refractivity contribution in [2.75, 3.05) is 10.6 Å². The van der Waals surface area contributed by atoms with Gasteiger partial charge in [-0.3, -0.25) is 0 Å². The molecule has 0 unspecified atom stereocenters. The van der Waals surface area contributed by atoms with E-state index in [4.69, 9.17) is 0 Å². The van der Waals surface area contributed by atoms with Crippen LogP contribution < -0.4 is 10.6 Å². The van der Waals surface area contributed by atoms with Gasteiger partial charge in [0, 0.05) is 28.8 Å². The molecule has 0 saturated carbocycles. The van der Waals surface area contributed by atoms with E-state index in [1.54, 1.807) is 6.20 Å². The first-order valence-electron chi connectivity index (χ1n) is 12.8. The summed E-state index contributed by atoms with van der Waals surface area (Å²) in [5, 5.41) is 6.44. The molecule has 0 amide bonds. The number of allylic oxidation sites excluding steroid dienone is 1. The summed E-state index contributed by atoms with van der Waals surface area (Å²) in [5.74, 6) is 0.585. The third-order valence-corrected chi connectivity index (χ3v) is 4.72. The van der Waals surface area contributed by atoms with Crippen LogP contribution in [0.15, 0.2) is 103 Å². The summed E-state index contributed by atoms with van der Waals surface area (Å²) in [5.41, 5.74) is 7.42. The Hall–Kier alpha value is -3.92. The minimum Gasteiger partial charge on any atom is -0.360 e. The van der Waals surface area contributed by atoms with Gasteiger partial charge in [0.15, 0.2) is 0 Å². The minimum atomic E-state index is 0.585. The van der Waals surface area contributed by atoms with Crippen LogP contribution in [0.2, 0.25) is 0 Å². The predicted octanol–water partition coefficient (Wildman–Crippen LogP) is 9.44.